The SMILES string of the molecule is c1ccc(-n2c3ccccc3c3ccc(-c4ccc5c6ccccc6n(-c6ccc(-c7ccc(-c8ccc(-c9cccc%10c9sc9ccccc9%10)cc8)cc7)cc6)c5c4)cc32)cc1. The lowest BCUT2D eigenvalue weighted by Crippen LogP contribution is -1.94. The summed E-state index contributed by atoms with van der Waals surface area (Å²) in [6.07, 6.45) is 0. The van der Waals surface area contributed by atoms with Gasteiger partial charge in [-0.15, -0.1) is 11.3 Å². The van der Waals surface area contributed by atoms with Crippen LogP contribution in [0.15, 0.2) is 231 Å². The van der Waals surface area contributed by atoms with E-state index < -0.39 is 0 Å². The van der Waals surface area contributed by atoms with Crippen molar-refractivity contribution < 1.29 is 0 Å². The third kappa shape index (κ3) is 5.78. The quantitative estimate of drug-likeness (QED) is 0.158. The Morgan fingerprint density at radius 3 is 1.24 bits per heavy atom. The molecule has 0 bridgehead atoms. The standard InChI is InChI=1S/C60H38N2S/c1-2-11-46(12-3-1)61-55-18-7-4-13-49(55)51-35-31-44(37-57(51)61)45-32-36-52-50-14-5-8-19-56(50)62(58(52)38-45)47-33-29-42(30-34-47)40-23-21-39(22-24-40)41-25-27-43(28-26-41)48-16-10-17-54-53-15-6-9-20-59(53)63-60(48)54/h1-38H. The zero-order valence-corrected chi connectivity index (χ0v) is 35.1. The predicted octanol–water partition coefficient (Wildman–Crippen LogP) is 16.9. The molecule has 3 heterocycles. The third-order valence-electron chi connectivity index (χ3n) is 13.0. The number of benzene rings is 10. The first-order chi connectivity index (χ1) is 31.2. The molecule has 13 aromatic rings. The van der Waals surface area contributed by atoms with E-state index in [9.17, 15) is 0 Å². The minimum atomic E-state index is 1.14. The van der Waals surface area contributed by atoms with Crippen LogP contribution in [0.3, 0.4) is 0 Å². The van der Waals surface area contributed by atoms with Crippen molar-refractivity contribution in [3.05, 3.63) is 231 Å². The summed E-state index contributed by atoms with van der Waals surface area (Å²) in [6, 6.07) is 84.5. The summed E-state index contributed by atoms with van der Waals surface area (Å²) in [5.41, 5.74) is 16.9. The zero-order valence-electron chi connectivity index (χ0n) is 34.2. The Kier molecular flexibility index (Phi) is 8.12. The van der Waals surface area contributed by atoms with Gasteiger partial charge in [-0.05, 0) is 99.1 Å². The van der Waals surface area contributed by atoms with Gasteiger partial charge >= 0.3 is 0 Å². The lowest BCUT2D eigenvalue weighted by molar-refractivity contribution is 1.18. The molecule has 2 nitrogen and oxygen atoms in total. The van der Waals surface area contributed by atoms with E-state index in [1.54, 1.807) is 0 Å². The van der Waals surface area contributed by atoms with Crippen LogP contribution in [0.2, 0.25) is 0 Å². The van der Waals surface area contributed by atoms with Gasteiger partial charge in [0.1, 0.15) is 0 Å². The van der Waals surface area contributed by atoms with E-state index in [1.807, 2.05) is 11.3 Å². The smallest absolute Gasteiger partial charge is 0.0547 e. The Bertz CT molecular complexity index is 3870. The molecule has 3 heteroatoms. The summed E-state index contributed by atoms with van der Waals surface area (Å²) in [5.74, 6) is 0. The second kappa shape index (κ2) is 14.3. The van der Waals surface area contributed by atoms with Gasteiger partial charge in [0.25, 0.3) is 0 Å². The fourth-order valence-corrected chi connectivity index (χ4v) is 11.1. The van der Waals surface area contributed by atoms with Gasteiger partial charge in [0, 0.05) is 53.1 Å². The first kappa shape index (κ1) is 35.7. The number of hydrogen-bond acceptors (Lipinski definition) is 1. The molecule has 63 heavy (non-hydrogen) atoms. The van der Waals surface area contributed by atoms with Crippen LogP contribution in [0.1, 0.15) is 0 Å². The van der Waals surface area contributed by atoms with E-state index in [2.05, 4.69) is 240 Å². The largest absolute Gasteiger partial charge is 0.309 e. The van der Waals surface area contributed by atoms with E-state index in [0.717, 1.165) is 5.69 Å². The molecule has 0 fully saturated rings. The summed E-state index contributed by atoms with van der Waals surface area (Å²) < 4.78 is 7.50. The summed E-state index contributed by atoms with van der Waals surface area (Å²) >= 11 is 1.88. The van der Waals surface area contributed by atoms with Crippen LogP contribution in [-0.2, 0) is 0 Å². The summed E-state index contributed by atoms with van der Waals surface area (Å²) in [7, 11) is 0. The minimum absolute atomic E-state index is 1.14. The Hall–Kier alpha value is -7.98. The molecular formula is C60H38N2S. The molecular weight excluding hydrogens is 781 g/mol. The van der Waals surface area contributed by atoms with Gasteiger partial charge in [-0.25, -0.2) is 0 Å². The first-order valence-corrected chi connectivity index (χ1v) is 22.4. The molecule has 0 unspecified atom stereocenters. The molecule has 0 aliphatic rings. The van der Waals surface area contributed by atoms with Gasteiger partial charge in [-0.3, -0.25) is 0 Å². The maximum Gasteiger partial charge on any atom is 0.0547 e. The van der Waals surface area contributed by atoms with Crippen molar-refractivity contribution in [3.8, 4) is 55.9 Å². The second-order valence-corrected chi connectivity index (χ2v) is 17.5. The lowest BCUT2D eigenvalue weighted by Gasteiger charge is -2.11. The van der Waals surface area contributed by atoms with Crippen LogP contribution in [0.25, 0.3) is 120 Å². The van der Waals surface area contributed by atoms with Crippen molar-refractivity contribution in [2.24, 2.45) is 0 Å². The number of hydrogen-bond donors (Lipinski definition) is 0. The number of nitrogens with zero attached hydrogens (tertiary/aromatic N) is 2. The summed E-state index contributed by atoms with van der Waals surface area (Å²) in [4.78, 5) is 0. The highest BCUT2D eigenvalue weighted by atomic mass is 32.1. The number of aromatic nitrogens is 2. The van der Waals surface area contributed by atoms with Crippen molar-refractivity contribution >= 4 is 75.1 Å². The summed E-state index contributed by atoms with van der Waals surface area (Å²) in [5, 5.41) is 7.69. The van der Waals surface area contributed by atoms with Gasteiger partial charge < -0.3 is 9.13 Å². The van der Waals surface area contributed by atoms with Gasteiger partial charge in [0.2, 0.25) is 0 Å². The molecule has 294 valence electrons. The van der Waals surface area contributed by atoms with Crippen molar-refractivity contribution in [3.63, 3.8) is 0 Å². The van der Waals surface area contributed by atoms with Crippen LogP contribution in [0, 0.1) is 0 Å². The highest BCUT2D eigenvalue weighted by molar-refractivity contribution is 7.26. The van der Waals surface area contributed by atoms with Crippen molar-refractivity contribution in [2.45, 2.75) is 0 Å². The molecule has 0 saturated carbocycles. The maximum absolute atomic E-state index is 2.42. The molecule has 13 rings (SSSR count). The first-order valence-electron chi connectivity index (χ1n) is 21.6. The Morgan fingerprint density at radius 2 is 0.667 bits per heavy atom. The summed E-state index contributed by atoms with van der Waals surface area (Å²) in [6.45, 7) is 0. The number of rotatable bonds is 6. The average molecular weight is 819 g/mol. The van der Waals surface area contributed by atoms with Crippen LogP contribution in [-0.4, -0.2) is 9.13 Å². The fraction of sp³-hybridized carbons (Fsp3) is 0. The van der Waals surface area contributed by atoms with Crippen LogP contribution in [0.5, 0.6) is 0 Å². The Morgan fingerprint density at radius 1 is 0.254 bits per heavy atom. The molecule has 0 radical (unpaired) electrons. The zero-order chi connectivity index (χ0) is 41.4. The number of thiophene rings is 1. The van der Waals surface area contributed by atoms with Gasteiger partial charge in [-0.2, -0.15) is 0 Å². The number of fused-ring (bicyclic) bond motifs is 9. The van der Waals surface area contributed by atoms with Gasteiger partial charge in [-0.1, -0.05) is 176 Å². The molecule has 0 saturated heterocycles. The van der Waals surface area contributed by atoms with E-state index in [4.69, 9.17) is 0 Å². The minimum Gasteiger partial charge on any atom is -0.309 e. The predicted molar refractivity (Wildman–Crippen MR) is 270 cm³/mol. The maximum atomic E-state index is 2.42. The van der Waals surface area contributed by atoms with Crippen LogP contribution >= 0.6 is 11.3 Å². The monoisotopic (exact) mass is 818 g/mol. The lowest BCUT2D eigenvalue weighted by atomic mass is 9.97. The van der Waals surface area contributed by atoms with E-state index in [-0.39, 0.29) is 0 Å². The van der Waals surface area contributed by atoms with E-state index in [1.165, 1.54) is 114 Å². The van der Waals surface area contributed by atoms with Crippen molar-refractivity contribution in [1.82, 2.24) is 9.13 Å². The highest BCUT2D eigenvalue weighted by Crippen LogP contribution is 2.41. The van der Waals surface area contributed by atoms with Crippen molar-refractivity contribution in [2.75, 3.05) is 0 Å². The normalized spacial score (nSPS) is 11.8. The van der Waals surface area contributed by atoms with Gasteiger partial charge in [0.05, 0.1) is 22.1 Å². The second-order valence-electron chi connectivity index (χ2n) is 16.5. The molecule has 10 aromatic carbocycles. The number of para-hydroxylation sites is 3. The Balaban J connectivity index is 0.826. The molecule has 0 spiro atoms. The molecule has 3 aromatic heterocycles. The molecule has 0 aliphatic heterocycles. The highest BCUT2D eigenvalue weighted by Gasteiger charge is 2.17. The van der Waals surface area contributed by atoms with E-state index >= 15 is 0 Å². The fourth-order valence-electron chi connectivity index (χ4n) is 9.91. The topological polar surface area (TPSA) is 9.86 Å². The molecule has 0 aliphatic carbocycles. The molecule has 0 atom stereocenters. The van der Waals surface area contributed by atoms with Gasteiger partial charge in [0.15, 0.2) is 0 Å². The third-order valence-corrected chi connectivity index (χ3v) is 14.2. The molecule has 0 amide bonds. The van der Waals surface area contributed by atoms with Crippen LogP contribution < -0.4 is 0 Å². The Labute approximate surface area is 368 Å². The van der Waals surface area contributed by atoms with E-state index in [0.29, 0.717) is 0 Å². The van der Waals surface area contributed by atoms with Crippen LogP contribution in [0.4, 0.5) is 0 Å². The van der Waals surface area contributed by atoms with Crippen molar-refractivity contribution in [1.29, 1.82) is 0 Å². The average Bonchev–Trinajstić information content (AvgIpc) is 4.02. The molecule has 0 N–H and O–H groups in total.